The Morgan fingerprint density at radius 1 is 1.32 bits per heavy atom. The van der Waals surface area contributed by atoms with Crippen molar-refractivity contribution in [2.75, 3.05) is 39.9 Å². The van der Waals surface area contributed by atoms with E-state index in [2.05, 4.69) is 24.4 Å². The third-order valence-electron chi connectivity index (χ3n) is 5.17. The quantitative estimate of drug-likeness (QED) is 0.905. The van der Waals surface area contributed by atoms with Gasteiger partial charge in [0.1, 0.15) is 6.54 Å². The molecule has 25 heavy (non-hydrogen) atoms. The van der Waals surface area contributed by atoms with Crippen molar-refractivity contribution in [3.8, 4) is 0 Å². The lowest BCUT2D eigenvalue weighted by Gasteiger charge is -2.25. The highest BCUT2D eigenvalue weighted by atomic mass is 16.5. The van der Waals surface area contributed by atoms with Gasteiger partial charge in [-0.25, -0.2) is 4.79 Å². The molecule has 6 heteroatoms. The van der Waals surface area contributed by atoms with Gasteiger partial charge in [-0.05, 0) is 29.9 Å². The Morgan fingerprint density at radius 3 is 2.92 bits per heavy atom. The predicted molar refractivity (Wildman–Crippen MR) is 95.2 cm³/mol. The Morgan fingerprint density at radius 2 is 2.12 bits per heavy atom. The van der Waals surface area contributed by atoms with Gasteiger partial charge in [-0.3, -0.25) is 4.79 Å². The SMILES string of the molecule is COCCN1CCCN(C(=O)N[C@H]2c3ccccc3C[C@H]2C)CC1=O. The number of nitrogens with zero attached hydrogens (tertiary/aromatic N) is 2. The Kier molecular flexibility index (Phi) is 5.58. The molecule has 1 aromatic carbocycles. The van der Waals surface area contributed by atoms with Crippen molar-refractivity contribution >= 4 is 11.9 Å². The minimum Gasteiger partial charge on any atom is -0.383 e. The lowest BCUT2D eigenvalue weighted by molar-refractivity contribution is -0.131. The van der Waals surface area contributed by atoms with Crippen molar-refractivity contribution in [2.45, 2.75) is 25.8 Å². The third-order valence-corrected chi connectivity index (χ3v) is 5.17. The smallest absolute Gasteiger partial charge is 0.318 e. The van der Waals surface area contributed by atoms with Crippen LogP contribution in [0.5, 0.6) is 0 Å². The van der Waals surface area contributed by atoms with Gasteiger partial charge in [-0.1, -0.05) is 31.2 Å². The van der Waals surface area contributed by atoms with Crippen molar-refractivity contribution in [3.05, 3.63) is 35.4 Å². The molecule has 0 radical (unpaired) electrons. The standard InChI is InChI=1S/C19H27N3O3/c1-14-12-15-6-3-4-7-16(15)18(14)20-19(24)22-9-5-8-21(10-11-25-2)17(23)13-22/h3-4,6-7,14,18H,5,8-13H2,1-2H3,(H,20,24)/t14-,18-/m1/s1. The molecule has 2 atom stereocenters. The summed E-state index contributed by atoms with van der Waals surface area (Å²) in [5, 5.41) is 3.15. The van der Waals surface area contributed by atoms with Gasteiger partial charge >= 0.3 is 6.03 Å². The number of fused-ring (bicyclic) bond motifs is 1. The Labute approximate surface area is 149 Å². The number of amides is 3. The van der Waals surface area contributed by atoms with Crippen molar-refractivity contribution < 1.29 is 14.3 Å². The van der Waals surface area contributed by atoms with Gasteiger partial charge < -0.3 is 19.9 Å². The zero-order valence-corrected chi connectivity index (χ0v) is 15.0. The number of hydrogen-bond donors (Lipinski definition) is 1. The average molecular weight is 345 g/mol. The van der Waals surface area contributed by atoms with Gasteiger partial charge in [-0.2, -0.15) is 0 Å². The molecule has 136 valence electrons. The van der Waals surface area contributed by atoms with Crippen LogP contribution in [0.1, 0.15) is 30.5 Å². The Bertz CT molecular complexity index is 634. The first-order chi connectivity index (χ1) is 12.1. The molecule has 6 nitrogen and oxygen atoms in total. The second-order valence-corrected chi connectivity index (χ2v) is 6.96. The molecule has 0 unspecified atom stereocenters. The van der Waals surface area contributed by atoms with Crippen LogP contribution in [0.4, 0.5) is 4.79 Å². The second kappa shape index (κ2) is 7.87. The van der Waals surface area contributed by atoms with Crippen molar-refractivity contribution in [1.82, 2.24) is 15.1 Å². The number of nitrogens with one attached hydrogen (secondary N) is 1. The largest absolute Gasteiger partial charge is 0.383 e. The van der Waals surface area contributed by atoms with Gasteiger partial charge in [0.2, 0.25) is 5.91 Å². The molecule has 0 saturated carbocycles. The maximum Gasteiger partial charge on any atom is 0.318 e. The number of benzene rings is 1. The van der Waals surface area contributed by atoms with Gasteiger partial charge in [0, 0.05) is 26.7 Å². The third kappa shape index (κ3) is 3.95. The highest BCUT2D eigenvalue weighted by Gasteiger charge is 2.32. The lowest BCUT2D eigenvalue weighted by atomic mass is 10.0. The predicted octanol–water partition coefficient (Wildman–Crippen LogP) is 1.81. The number of carbonyl (C=O) groups is 2. The van der Waals surface area contributed by atoms with Crippen LogP contribution in [0, 0.1) is 5.92 Å². The number of methoxy groups -OCH3 is 1. The monoisotopic (exact) mass is 345 g/mol. The summed E-state index contributed by atoms with van der Waals surface area (Å²) >= 11 is 0. The molecule has 1 aliphatic carbocycles. The summed E-state index contributed by atoms with van der Waals surface area (Å²) in [6, 6.07) is 8.14. The van der Waals surface area contributed by atoms with Crippen molar-refractivity contribution in [2.24, 2.45) is 5.92 Å². The molecule has 1 saturated heterocycles. The fourth-order valence-electron chi connectivity index (χ4n) is 3.77. The topological polar surface area (TPSA) is 61.9 Å². The van der Waals surface area contributed by atoms with Gasteiger partial charge in [0.15, 0.2) is 0 Å². The van der Waals surface area contributed by atoms with E-state index in [0.717, 1.165) is 12.8 Å². The molecule has 3 rings (SSSR count). The molecule has 0 spiro atoms. The highest BCUT2D eigenvalue weighted by molar-refractivity contribution is 5.84. The average Bonchev–Trinajstić information content (AvgIpc) is 2.79. The van der Waals surface area contributed by atoms with Gasteiger partial charge in [0.25, 0.3) is 0 Å². The summed E-state index contributed by atoms with van der Waals surface area (Å²) in [4.78, 5) is 28.6. The maximum absolute atomic E-state index is 12.7. The molecule has 1 N–H and O–H groups in total. The van der Waals surface area contributed by atoms with E-state index in [4.69, 9.17) is 4.74 Å². The van der Waals surface area contributed by atoms with E-state index in [1.807, 2.05) is 12.1 Å². The number of rotatable bonds is 4. The number of carbonyl (C=O) groups excluding carboxylic acids is 2. The van der Waals surface area contributed by atoms with Crippen LogP contribution < -0.4 is 5.32 Å². The fraction of sp³-hybridized carbons (Fsp3) is 0.579. The van der Waals surface area contributed by atoms with E-state index >= 15 is 0 Å². The lowest BCUT2D eigenvalue weighted by Crippen LogP contribution is -2.46. The summed E-state index contributed by atoms with van der Waals surface area (Å²) in [7, 11) is 1.63. The van der Waals surface area contributed by atoms with E-state index in [0.29, 0.717) is 32.2 Å². The summed E-state index contributed by atoms with van der Waals surface area (Å²) in [5.74, 6) is 0.354. The number of urea groups is 1. The maximum atomic E-state index is 12.7. The van der Waals surface area contributed by atoms with Crippen LogP contribution in [0.25, 0.3) is 0 Å². The molecule has 1 fully saturated rings. The van der Waals surface area contributed by atoms with E-state index < -0.39 is 0 Å². The first-order valence-electron chi connectivity index (χ1n) is 9.00. The van der Waals surface area contributed by atoms with Crippen molar-refractivity contribution in [1.29, 1.82) is 0 Å². The number of hydrogen-bond acceptors (Lipinski definition) is 3. The molecular formula is C19H27N3O3. The van der Waals surface area contributed by atoms with E-state index in [9.17, 15) is 9.59 Å². The fourth-order valence-corrected chi connectivity index (χ4v) is 3.77. The van der Waals surface area contributed by atoms with E-state index in [1.54, 1.807) is 16.9 Å². The molecule has 1 aromatic rings. The van der Waals surface area contributed by atoms with Crippen LogP contribution in [0.15, 0.2) is 24.3 Å². The van der Waals surface area contributed by atoms with Crippen LogP contribution in [-0.2, 0) is 16.0 Å². The summed E-state index contributed by atoms with van der Waals surface area (Å²) < 4.78 is 5.05. The zero-order valence-electron chi connectivity index (χ0n) is 15.0. The van der Waals surface area contributed by atoms with Gasteiger partial charge in [-0.15, -0.1) is 0 Å². The minimum atomic E-state index is -0.143. The van der Waals surface area contributed by atoms with Crippen LogP contribution in [0.3, 0.4) is 0 Å². The zero-order chi connectivity index (χ0) is 17.8. The van der Waals surface area contributed by atoms with Gasteiger partial charge in [0.05, 0.1) is 12.6 Å². The Balaban J connectivity index is 1.63. The molecule has 3 amide bonds. The highest BCUT2D eigenvalue weighted by Crippen LogP contribution is 2.35. The van der Waals surface area contributed by atoms with Crippen LogP contribution in [-0.4, -0.2) is 61.6 Å². The first kappa shape index (κ1) is 17.7. The van der Waals surface area contributed by atoms with E-state index in [1.165, 1.54) is 11.1 Å². The molecular weight excluding hydrogens is 318 g/mol. The first-order valence-corrected chi connectivity index (χ1v) is 9.00. The molecule has 1 aliphatic heterocycles. The second-order valence-electron chi connectivity index (χ2n) is 6.96. The molecule has 1 heterocycles. The molecule has 0 bridgehead atoms. The Hall–Kier alpha value is -2.08. The van der Waals surface area contributed by atoms with E-state index in [-0.39, 0.29) is 24.5 Å². The normalized spacial score (nSPS) is 23.4. The van der Waals surface area contributed by atoms with Crippen molar-refractivity contribution in [3.63, 3.8) is 0 Å². The number of ether oxygens (including phenoxy) is 1. The van der Waals surface area contributed by atoms with Crippen LogP contribution >= 0.6 is 0 Å². The molecule has 2 aliphatic rings. The summed E-state index contributed by atoms with van der Waals surface area (Å²) in [6.07, 6.45) is 1.77. The summed E-state index contributed by atoms with van der Waals surface area (Å²) in [6.45, 7) is 4.67. The molecule has 0 aromatic heterocycles. The minimum absolute atomic E-state index is 0.00966. The van der Waals surface area contributed by atoms with Crippen LogP contribution in [0.2, 0.25) is 0 Å². The summed E-state index contributed by atoms with van der Waals surface area (Å²) in [5.41, 5.74) is 2.50.